The first-order valence-electron chi connectivity index (χ1n) is 10.3. The minimum absolute atomic E-state index is 0.0204. The van der Waals surface area contributed by atoms with E-state index in [9.17, 15) is 14.7 Å². The quantitative estimate of drug-likeness (QED) is 0.786. The number of ketones is 2. The molecule has 0 aromatic heterocycles. The van der Waals surface area contributed by atoms with Crippen LogP contribution in [-0.2, 0) is 9.59 Å². The van der Waals surface area contributed by atoms with Crippen LogP contribution in [0.4, 0.5) is 4.39 Å². The number of hydrogen-bond acceptors (Lipinski definition) is 4. The third-order valence-electron chi connectivity index (χ3n) is 8.58. The van der Waals surface area contributed by atoms with E-state index in [1.54, 1.807) is 13.0 Å². The summed E-state index contributed by atoms with van der Waals surface area (Å²) < 4.78 is 16.9. The molecule has 4 rings (SSSR count). The van der Waals surface area contributed by atoms with Crippen molar-refractivity contribution in [2.75, 3.05) is 0 Å². The smallest absolute Gasteiger partial charge is 0.178 e. The highest BCUT2D eigenvalue weighted by Gasteiger charge is 2.71. The van der Waals surface area contributed by atoms with E-state index in [-0.39, 0.29) is 48.1 Å². The Morgan fingerprint density at radius 3 is 2.79 bits per heavy atom. The van der Waals surface area contributed by atoms with E-state index in [1.807, 2.05) is 19.9 Å². The highest BCUT2D eigenvalue weighted by atomic mass is 19.1. The van der Waals surface area contributed by atoms with Crippen molar-refractivity contribution in [2.45, 2.75) is 64.6 Å². The van der Waals surface area contributed by atoms with Crippen LogP contribution in [0.3, 0.4) is 0 Å². The molecule has 0 spiro atoms. The van der Waals surface area contributed by atoms with Gasteiger partial charge in [0.1, 0.15) is 0 Å². The predicted octanol–water partition coefficient (Wildman–Crippen LogP) is 3.70. The number of halogens is 1. The lowest BCUT2D eigenvalue weighted by molar-refractivity contribution is -0.195. The molecule has 0 amide bonds. The van der Waals surface area contributed by atoms with Crippen molar-refractivity contribution in [1.82, 2.24) is 0 Å². The highest BCUT2D eigenvalue weighted by Crippen LogP contribution is 2.69. The lowest BCUT2D eigenvalue weighted by atomic mass is 9.45. The fraction of sp³-hybridized carbons (Fsp3) is 0.696. The van der Waals surface area contributed by atoms with E-state index in [0.717, 1.165) is 12.0 Å². The van der Waals surface area contributed by atoms with Crippen molar-refractivity contribution >= 4 is 11.6 Å². The molecule has 0 heterocycles. The van der Waals surface area contributed by atoms with Gasteiger partial charge >= 0.3 is 0 Å². The van der Waals surface area contributed by atoms with Crippen molar-refractivity contribution < 1.29 is 19.1 Å². The van der Waals surface area contributed by atoms with Crippen LogP contribution in [-0.4, -0.2) is 28.4 Å². The molecule has 0 aromatic carbocycles. The number of aliphatic hydroxyl groups excluding tert-OH is 1. The fourth-order valence-electron chi connectivity index (χ4n) is 7.45. The lowest BCUT2D eigenvalue weighted by Gasteiger charge is -2.62. The number of nitrogens with zero attached hydrogens (tertiary/aromatic N) is 1. The number of fused-ring (bicyclic) bond motifs is 5. The van der Waals surface area contributed by atoms with Crippen LogP contribution in [0.15, 0.2) is 23.8 Å². The van der Waals surface area contributed by atoms with Gasteiger partial charge in [-0.05, 0) is 62.0 Å². The number of carbonyl (C=O) groups is 2. The van der Waals surface area contributed by atoms with E-state index in [1.165, 1.54) is 12.2 Å². The average Bonchev–Trinajstić information content (AvgIpc) is 2.87. The maximum absolute atomic E-state index is 16.9. The molecule has 0 bridgehead atoms. The Morgan fingerprint density at radius 2 is 2.11 bits per heavy atom. The predicted molar refractivity (Wildman–Crippen MR) is 102 cm³/mol. The van der Waals surface area contributed by atoms with Gasteiger partial charge in [0.2, 0.25) is 0 Å². The van der Waals surface area contributed by atoms with Crippen molar-refractivity contribution in [2.24, 2.45) is 34.5 Å². The third-order valence-corrected chi connectivity index (χ3v) is 8.58. The number of alkyl halides is 1. The summed E-state index contributed by atoms with van der Waals surface area (Å²) in [5.41, 5.74) is -2.59. The Labute approximate surface area is 165 Å². The number of carbonyl (C=O) groups excluding carboxylic acids is 2. The Hall–Kier alpha value is -1.80. The Balaban J connectivity index is 1.78. The van der Waals surface area contributed by atoms with Gasteiger partial charge < -0.3 is 5.11 Å². The van der Waals surface area contributed by atoms with Crippen molar-refractivity contribution in [1.29, 1.82) is 5.26 Å². The summed E-state index contributed by atoms with van der Waals surface area (Å²) >= 11 is 0. The largest absolute Gasteiger partial charge is 0.390 e. The SMILES string of the molecule is C[C@@H]1C[C@H]2[C@@H]3CCC4=CC(=O)C=C[C@]4(C)[C@@]3(F)[C@@H](O)C[C@]2(C)[C@H]1C(=O)CC#N. The zero-order valence-corrected chi connectivity index (χ0v) is 16.7. The zero-order valence-electron chi connectivity index (χ0n) is 16.7. The summed E-state index contributed by atoms with van der Waals surface area (Å²) in [5.74, 6) is -0.842. The van der Waals surface area contributed by atoms with Gasteiger partial charge in [-0.25, -0.2) is 4.39 Å². The summed E-state index contributed by atoms with van der Waals surface area (Å²) in [6.07, 6.45) is 5.41. The van der Waals surface area contributed by atoms with E-state index >= 15 is 4.39 Å². The zero-order chi connectivity index (χ0) is 20.5. The van der Waals surface area contributed by atoms with E-state index in [4.69, 9.17) is 5.26 Å². The highest BCUT2D eigenvalue weighted by molar-refractivity contribution is 6.01. The number of nitriles is 1. The van der Waals surface area contributed by atoms with Gasteiger partial charge in [-0.15, -0.1) is 0 Å². The number of aliphatic hydroxyl groups is 1. The normalized spacial score (nSPS) is 49.5. The Morgan fingerprint density at radius 1 is 1.39 bits per heavy atom. The molecule has 0 saturated heterocycles. The number of Topliss-reactive ketones (excluding diaryl/α,β-unsaturated/α-hetero) is 1. The standard InChI is InChI=1S/C23H28FNO3/c1-13-10-17-16-5-4-14-11-15(26)6-8-22(14,3)23(16,24)19(28)12-21(17,2)20(13)18(27)7-9-25/h6,8,11,13,16-17,19-20,28H,4-5,7,10,12H2,1-3H3/t13-,16+,17+,19+,20-,21+,22+,23+/m1/s1. The summed E-state index contributed by atoms with van der Waals surface area (Å²) in [4.78, 5) is 24.6. The first kappa shape index (κ1) is 19.5. The van der Waals surface area contributed by atoms with Gasteiger partial charge in [0, 0.05) is 17.3 Å². The van der Waals surface area contributed by atoms with Gasteiger partial charge in [0.05, 0.1) is 18.6 Å². The molecule has 5 heteroatoms. The summed E-state index contributed by atoms with van der Waals surface area (Å²) in [6, 6.07) is 1.97. The number of rotatable bonds is 2. The molecule has 0 aromatic rings. The Bertz CT molecular complexity index is 841. The molecule has 3 fully saturated rings. The van der Waals surface area contributed by atoms with Crippen molar-refractivity contribution in [3.05, 3.63) is 23.8 Å². The molecule has 0 unspecified atom stereocenters. The van der Waals surface area contributed by atoms with Gasteiger partial charge in [0.15, 0.2) is 17.2 Å². The van der Waals surface area contributed by atoms with Crippen molar-refractivity contribution in [3.8, 4) is 6.07 Å². The molecule has 4 aliphatic carbocycles. The average molecular weight is 385 g/mol. The molecular formula is C23H28FNO3. The van der Waals surface area contributed by atoms with E-state index in [2.05, 4.69) is 0 Å². The van der Waals surface area contributed by atoms with Crippen LogP contribution in [0.2, 0.25) is 0 Å². The maximum atomic E-state index is 16.9. The Kier molecular flexibility index (Phi) is 4.25. The van der Waals surface area contributed by atoms with Gasteiger partial charge in [-0.2, -0.15) is 5.26 Å². The molecule has 4 aliphatic rings. The van der Waals surface area contributed by atoms with E-state index in [0.29, 0.717) is 12.8 Å². The monoisotopic (exact) mass is 385 g/mol. The molecule has 28 heavy (non-hydrogen) atoms. The maximum Gasteiger partial charge on any atom is 0.178 e. The topological polar surface area (TPSA) is 78.2 Å². The molecule has 0 aliphatic heterocycles. The molecule has 4 nitrogen and oxygen atoms in total. The second-order valence-electron chi connectivity index (χ2n) is 9.84. The van der Waals surface area contributed by atoms with Gasteiger partial charge in [-0.1, -0.05) is 25.5 Å². The molecule has 150 valence electrons. The van der Waals surface area contributed by atoms with Crippen molar-refractivity contribution in [3.63, 3.8) is 0 Å². The molecular weight excluding hydrogens is 357 g/mol. The number of hydrogen-bond donors (Lipinski definition) is 1. The number of allylic oxidation sites excluding steroid dienone is 4. The second kappa shape index (κ2) is 6.10. The second-order valence-corrected chi connectivity index (χ2v) is 9.84. The lowest BCUT2D eigenvalue weighted by Crippen LogP contribution is -2.66. The minimum Gasteiger partial charge on any atom is -0.390 e. The molecule has 8 atom stereocenters. The minimum atomic E-state index is -1.86. The van der Waals surface area contributed by atoms with Crippen LogP contribution in [0.1, 0.15) is 52.9 Å². The van der Waals surface area contributed by atoms with Gasteiger partial charge in [0.25, 0.3) is 0 Å². The summed E-state index contributed by atoms with van der Waals surface area (Å²) in [5, 5.41) is 20.2. The molecule has 1 N–H and O–H groups in total. The van der Waals surface area contributed by atoms with Gasteiger partial charge in [-0.3, -0.25) is 9.59 Å². The fourth-order valence-corrected chi connectivity index (χ4v) is 7.45. The summed E-state index contributed by atoms with van der Waals surface area (Å²) in [7, 11) is 0. The van der Waals surface area contributed by atoms with Crippen LogP contribution < -0.4 is 0 Å². The molecule has 0 radical (unpaired) electrons. The third kappa shape index (κ3) is 2.24. The van der Waals surface area contributed by atoms with Crippen LogP contribution in [0.5, 0.6) is 0 Å². The van der Waals surface area contributed by atoms with Crippen LogP contribution in [0, 0.1) is 45.8 Å². The first-order valence-corrected chi connectivity index (χ1v) is 10.3. The summed E-state index contributed by atoms with van der Waals surface area (Å²) in [6.45, 7) is 5.83. The van der Waals surface area contributed by atoms with Crippen LogP contribution in [0.25, 0.3) is 0 Å². The molecule has 3 saturated carbocycles. The van der Waals surface area contributed by atoms with E-state index < -0.39 is 22.6 Å². The van der Waals surface area contributed by atoms with Crippen LogP contribution >= 0.6 is 0 Å². The first-order chi connectivity index (χ1) is 13.1.